The molecule has 6 fully saturated rings. The lowest BCUT2D eigenvalue weighted by Gasteiger charge is -2.50. The van der Waals surface area contributed by atoms with Crippen LogP contribution < -0.4 is 31.4 Å². The Bertz CT molecular complexity index is 4220. The lowest BCUT2D eigenvalue weighted by Crippen LogP contribution is -2.60. The fourth-order valence-corrected chi connectivity index (χ4v) is 19.6. The van der Waals surface area contributed by atoms with E-state index in [9.17, 15) is 68.3 Å². The van der Waals surface area contributed by atoms with Crippen molar-refractivity contribution in [3.8, 4) is 17.2 Å². The summed E-state index contributed by atoms with van der Waals surface area (Å²) in [6, 6.07) is 41.1. The number of nitrogens with two attached hydrogens (primary N) is 3. The average molecular weight is 1810 g/mol. The molecule has 6 N–H and O–H groups in total. The SMILES string of the molecule is CC(C)c1ccccc1C(c1ccc(OC(F)(F)F)cc1)N1CCN(C(=O)CC2CCN(C(N)=O)CC2)[C@@H](C(C)(C)C)C1.CC(C)c1ccccc1C(c1ccc(OC(F)(F)F)cc1)N1CCN(C(=O)CC2CCN(C(N)=O)CC2)[C@@H](C(C)(C)C)C1.CC(C)c1ccccc1C(c1ccc(OC(F)(F)F)cc1)N1CCN(C(=O)CC2CCN(C(N)=O)CC2)[C@@H](C(C)(C)C)C1. The van der Waals surface area contributed by atoms with E-state index in [1.807, 2.05) is 51.1 Å². The lowest BCUT2D eigenvalue weighted by molar-refractivity contribution is -0.275. The number of hydrogen-bond acceptors (Lipinski definition) is 12. The van der Waals surface area contributed by atoms with Crippen LogP contribution in [-0.4, -0.2) is 215 Å². The molecule has 9 amide bonds. The zero-order valence-electron chi connectivity index (χ0n) is 77.6. The molecule has 30 heteroatoms. The van der Waals surface area contributed by atoms with Gasteiger partial charge in [-0.2, -0.15) is 0 Å². The molecular formula is C99H135F9N12O9. The molecule has 0 saturated carbocycles. The van der Waals surface area contributed by atoms with Gasteiger partial charge in [0, 0.05) is 136 Å². The van der Waals surface area contributed by atoms with E-state index in [-0.39, 0.29) is 123 Å². The van der Waals surface area contributed by atoms with Gasteiger partial charge in [0.2, 0.25) is 17.7 Å². The van der Waals surface area contributed by atoms with E-state index in [0.717, 1.165) is 71.9 Å². The normalized spacial score (nSPS) is 19.9. The number of hydrogen-bond donors (Lipinski definition) is 3. The second-order valence-electron chi connectivity index (χ2n) is 39.7. The van der Waals surface area contributed by atoms with Gasteiger partial charge < -0.3 is 60.8 Å². The first-order valence-electron chi connectivity index (χ1n) is 45.5. The number of ether oxygens (including phenoxy) is 3. The van der Waals surface area contributed by atoms with Gasteiger partial charge in [-0.25, -0.2) is 14.4 Å². The van der Waals surface area contributed by atoms with Crippen LogP contribution in [0.15, 0.2) is 146 Å². The fourth-order valence-electron chi connectivity index (χ4n) is 19.6. The maximum absolute atomic E-state index is 13.7. The van der Waals surface area contributed by atoms with Crippen LogP contribution in [0.5, 0.6) is 17.2 Å². The van der Waals surface area contributed by atoms with Gasteiger partial charge in [0.15, 0.2) is 0 Å². The van der Waals surface area contributed by atoms with Gasteiger partial charge in [-0.1, -0.05) is 213 Å². The third-order valence-electron chi connectivity index (χ3n) is 26.5. The van der Waals surface area contributed by atoms with Crippen molar-refractivity contribution < 1.29 is 82.5 Å². The molecule has 6 aliphatic rings. The minimum atomic E-state index is -4.76. The Morgan fingerprint density at radius 3 is 0.690 bits per heavy atom. The highest BCUT2D eigenvalue weighted by atomic mass is 19.4. The molecule has 0 aliphatic carbocycles. The summed E-state index contributed by atoms with van der Waals surface area (Å²) < 4.78 is 128. The number of likely N-dealkylation sites (tertiary alicyclic amines) is 3. The van der Waals surface area contributed by atoms with Gasteiger partial charge >= 0.3 is 37.2 Å². The molecule has 3 unspecified atom stereocenters. The van der Waals surface area contributed by atoms with Gasteiger partial charge in [0.05, 0.1) is 18.1 Å². The standard InChI is InChI=1S/3C33H45F3N4O3/c3*1-22(2)26-8-6-7-9-27(26)30(24-10-12-25(13-11-24)43-33(34,35)36)39-18-19-40(28(21-39)32(3,4)5)29(41)20-23-14-16-38(17-15-23)31(37)42/h3*6-13,22-23,28,30H,14-21H2,1-5H3,(H2,37,42)/t3*28-,30?/m111/s1. The molecule has 0 aromatic heterocycles. The summed E-state index contributed by atoms with van der Waals surface area (Å²) in [5, 5.41) is 0. The van der Waals surface area contributed by atoms with Gasteiger partial charge in [-0.05, 0) is 177 Å². The van der Waals surface area contributed by atoms with Crippen LogP contribution >= 0.6 is 0 Å². The Hall–Kier alpha value is -9.81. The summed E-state index contributed by atoms with van der Waals surface area (Å²) in [4.78, 5) is 93.9. The third-order valence-corrected chi connectivity index (χ3v) is 26.5. The monoisotopic (exact) mass is 1810 g/mol. The molecule has 6 aromatic rings. The molecule has 708 valence electrons. The van der Waals surface area contributed by atoms with Crippen molar-refractivity contribution in [3.05, 3.63) is 196 Å². The third kappa shape index (κ3) is 27.9. The predicted molar refractivity (Wildman–Crippen MR) is 482 cm³/mol. The highest BCUT2D eigenvalue weighted by Gasteiger charge is 2.47. The summed E-state index contributed by atoms with van der Waals surface area (Å²) in [5.41, 5.74) is 25.1. The van der Waals surface area contributed by atoms with Crippen LogP contribution in [0.1, 0.15) is 248 Å². The van der Waals surface area contributed by atoms with E-state index in [2.05, 4.69) is 169 Å². The zero-order chi connectivity index (χ0) is 94.6. The molecule has 12 rings (SSSR count). The largest absolute Gasteiger partial charge is 0.573 e. The van der Waals surface area contributed by atoms with Crippen molar-refractivity contribution in [3.63, 3.8) is 0 Å². The van der Waals surface area contributed by atoms with Crippen molar-refractivity contribution >= 4 is 35.8 Å². The first kappa shape index (κ1) is 101. The Balaban J connectivity index is 0.000000201. The van der Waals surface area contributed by atoms with Crippen molar-refractivity contribution in [1.29, 1.82) is 0 Å². The first-order valence-corrected chi connectivity index (χ1v) is 45.5. The number of alkyl halides is 9. The molecule has 0 radical (unpaired) electrons. The van der Waals surface area contributed by atoms with E-state index in [1.54, 1.807) is 51.1 Å². The summed E-state index contributed by atoms with van der Waals surface area (Å²) in [6.45, 7) is 41.0. The average Bonchev–Trinajstić information content (AvgIpc) is 0.776. The van der Waals surface area contributed by atoms with Gasteiger partial charge in [-0.3, -0.25) is 29.1 Å². The quantitative estimate of drug-likeness (QED) is 0.0571. The van der Waals surface area contributed by atoms with Crippen LogP contribution in [0.25, 0.3) is 0 Å². The fraction of sp³-hybridized carbons (Fsp3) is 0.576. The summed E-state index contributed by atoms with van der Waals surface area (Å²) in [5.74, 6) is 1.00. The van der Waals surface area contributed by atoms with Crippen LogP contribution in [0, 0.1) is 34.0 Å². The van der Waals surface area contributed by atoms with E-state index in [0.29, 0.717) is 117 Å². The molecule has 21 nitrogen and oxygen atoms in total. The van der Waals surface area contributed by atoms with Crippen molar-refractivity contribution in [2.45, 2.75) is 235 Å². The Kier molecular flexibility index (Phi) is 33.8. The molecule has 0 bridgehead atoms. The number of carbonyl (C=O) groups excluding carboxylic acids is 6. The summed E-state index contributed by atoms with van der Waals surface area (Å²) >= 11 is 0. The number of piperidine rings is 3. The van der Waals surface area contributed by atoms with Crippen LogP contribution in [-0.2, 0) is 14.4 Å². The Morgan fingerprint density at radius 1 is 0.310 bits per heavy atom. The number of amides is 9. The Morgan fingerprint density at radius 2 is 0.512 bits per heavy atom. The molecular weight excluding hydrogens is 1670 g/mol. The van der Waals surface area contributed by atoms with E-state index >= 15 is 0 Å². The van der Waals surface area contributed by atoms with Crippen LogP contribution in [0.3, 0.4) is 0 Å². The summed E-state index contributed by atoms with van der Waals surface area (Å²) in [6.07, 6.45) is -8.37. The number of halogens is 9. The van der Waals surface area contributed by atoms with Gasteiger partial charge in [-0.15, -0.1) is 39.5 Å². The van der Waals surface area contributed by atoms with Crippen LogP contribution in [0.2, 0.25) is 0 Å². The molecule has 0 spiro atoms. The number of benzene rings is 6. The van der Waals surface area contributed by atoms with E-state index < -0.39 is 37.2 Å². The number of piperazine rings is 3. The maximum atomic E-state index is 13.7. The smallest absolute Gasteiger partial charge is 0.406 e. The molecule has 6 heterocycles. The number of carbonyl (C=O) groups is 6. The zero-order valence-corrected chi connectivity index (χ0v) is 77.6. The molecule has 6 atom stereocenters. The van der Waals surface area contributed by atoms with Gasteiger partial charge in [0.25, 0.3) is 0 Å². The molecule has 6 aromatic carbocycles. The number of rotatable bonds is 21. The van der Waals surface area contributed by atoms with Gasteiger partial charge in [0.1, 0.15) is 17.2 Å². The number of nitrogens with zero attached hydrogens (tertiary/aromatic N) is 9. The lowest BCUT2D eigenvalue weighted by atomic mass is 9.81. The van der Waals surface area contributed by atoms with Crippen LogP contribution in [0.4, 0.5) is 53.9 Å². The molecule has 6 aliphatic heterocycles. The van der Waals surface area contributed by atoms with E-state index in [4.69, 9.17) is 17.2 Å². The Labute approximate surface area is 755 Å². The first-order chi connectivity index (χ1) is 60.4. The van der Waals surface area contributed by atoms with Crippen molar-refractivity contribution in [2.24, 2.45) is 51.2 Å². The molecule has 129 heavy (non-hydrogen) atoms. The summed E-state index contributed by atoms with van der Waals surface area (Å²) in [7, 11) is 0. The predicted octanol–water partition coefficient (Wildman–Crippen LogP) is 19.6. The minimum absolute atomic E-state index is 0.0685. The second-order valence-corrected chi connectivity index (χ2v) is 39.7. The highest BCUT2D eigenvalue weighted by molar-refractivity contribution is 5.79. The van der Waals surface area contributed by atoms with Crippen molar-refractivity contribution in [1.82, 2.24) is 44.1 Å². The highest BCUT2D eigenvalue weighted by Crippen LogP contribution is 2.45. The molecule has 6 saturated heterocycles. The minimum Gasteiger partial charge on any atom is -0.406 e. The number of urea groups is 3. The second kappa shape index (κ2) is 43.0. The maximum Gasteiger partial charge on any atom is 0.573 e. The number of primary amides is 3. The van der Waals surface area contributed by atoms with E-state index in [1.165, 1.54) is 53.1 Å². The topological polar surface area (TPSA) is 237 Å². The van der Waals surface area contributed by atoms with Crippen molar-refractivity contribution in [2.75, 3.05) is 98.2 Å².